The third kappa shape index (κ3) is 4.79. The number of hydrogen-bond acceptors (Lipinski definition) is 1. The minimum absolute atomic E-state index is 0.0567. The van der Waals surface area contributed by atoms with Crippen LogP contribution in [0.25, 0.3) is 10.9 Å². The average Bonchev–Trinajstić information content (AvgIpc) is 3.20. The summed E-state index contributed by atoms with van der Waals surface area (Å²) in [6.45, 7) is 3.85. The summed E-state index contributed by atoms with van der Waals surface area (Å²) in [4.78, 5) is 15.7. The molecule has 4 aromatic rings. The van der Waals surface area contributed by atoms with Crippen LogP contribution in [0.3, 0.4) is 0 Å². The van der Waals surface area contributed by atoms with Gasteiger partial charge in [0.2, 0.25) is 5.91 Å². The highest BCUT2D eigenvalue weighted by Crippen LogP contribution is 2.35. The maximum atomic E-state index is 13.5. The second-order valence-electron chi connectivity index (χ2n) is 9.89. The number of carbonyl (C=O) groups excluding carboxylic acids is 1. The van der Waals surface area contributed by atoms with E-state index >= 15 is 0 Å². The fourth-order valence-electron chi connectivity index (χ4n) is 5.49. The van der Waals surface area contributed by atoms with Crippen LogP contribution in [0.4, 0.5) is 0 Å². The fourth-order valence-corrected chi connectivity index (χ4v) is 5.49. The largest absolute Gasteiger partial charge is 0.350 e. The first-order valence-electron chi connectivity index (χ1n) is 12.5. The number of benzene rings is 3. The van der Waals surface area contributed by atoms with E-state index in [-0.39, 0.29) is 11.8 Å². The molecule has 1 amide bonds. The van der Waals surface area contributed by atoms with Crippen molar-refractivity contribution in [1.82, 2.24) is 9.47 Å². The Morgan fingerprint density at radius 3 is 2.32 bits per heavy atom. The van der Waals surface area contributed by atoms with Gasteiger partial charge >= 0.3 is 0 Å². The van der Waals surface area contributed by atoms with Crippen LogP contribution < -0.4 is 0 Å². The molecule has 0 saturated carbocycles. The minimum Gasteiger partial charge on any atom is -0.350 e. The molecule has 1 fully saturated rings. The summed E-state index contributed by atoms with van der Waals surface area (Å²) in [5.74, 6) is 0.996. The van der Waals surface area contributed by atoms with Crippen LogP contribution in [-0.4, -0.2) is 28.5 Å². The van der Waals surface area contributed by atoms with Gasteiger partial charge in [-0.2, -0.15) is 0 Å². The molecule has 0 spiro atoms. The summed E-state index contributed by atoms with van der Waals surface area (Å²) >= 11 is 0. The van der Waals surface area contributed by atoms with Crippen LogP contribution >= 0.6 is 0 Å². The lowest BCUT2D eigenvalue weighted by Gasteiger charge is -2.33. The van der Waals surface area contributed by atoms with Crippen molar-refractivity contribution >= 4 is 16.8 Å². The van der Waals surface area contributed by atoms with Crippen LogP contribution in [0.2, 0.25) is 0 Å². The van der Waals surface area contributed by atoms with E-state index < -0.39 is 0 Å². The van der Waals surface area contributed by atoms with Crippen molar-refractivity contribution in [3.05, 3.63) is 107 Å². The van der Waals surface area contributed by atoms with Gasteiger partial charge in [0.05, 0.1) is 0 Å². The number of hydrogen-bond donors (Lipinski definition) is 0. The molecular formula is C31H34N2O. The highest BCUT2D eigenvalue weighted by Gasteiger charge is 2.27. The normalized spacial score (nSPS) is 15.5. The SMILES string of the molecule is Cc1ccc(C(CC(=O)N2CCC(Cc3ccccc3)CC2)c2cn(C)c3ccccc23)cc1. The number of piperidine rings is 1. The number of aryl methyl sites for hydroxylation is 2. The summed E-state index contributed by atoms with van der Waals surface area (Å²) in [6, 6.07) is 28.0. The highest BCUT2D eigenvalue weighted by molar-refractivity contribution is 5.86. The molecular weight excluding hydrogens is 416 g/mol. The van der Waals surface area contributed by atoms with Crippen LogP contribution in [0.15, 0.2) is 85.1 Å². The third-order valence-electron chi connectivity index (χ3n) is 7.50. The van der Waals surface area contributed by atoms with Gasteiger partial charge in [-0.3, -0.25) is 4.79 Å². The molecule has 34 heavy (non-hydrogen) atoms. The fraction of sp³-hybridized carbons (Fsp3) is 0.323. The number of carbonyl (C=O) groups is 1. The smallest absolute Gasteiger partial charge is 0.223 e. The molecule has 3 nitrogen and oxygen atoms in total. The number of nitrogens with zero attached hydrogens (tertiary/aromatic N) is 2. The second kappa shape index (κ2) is 9.89. The Bertz CT molecular complexity index is 1250. The highest BCUT2D eigenvalue weighted by atomic mass is 16.2. The zero-order chi connectivity index (χ0) is 23.5. The van der Waals surface area contributed by atoms with Crippen molar-refractivity contribution in [3.8, 4) is 0 Å². The number of fused-ring (bicyclic) bond motifs is 1. The molecule has 0 radical (unpaired) electrons. The summed E-state index contributed by atoms with van der Waals surface area (Å²) in [5.41, 5.74) is 6.32. The Kier molecular flexibility index (Phi) is 6.53. The number of amides is 1. The monoisotopic (exact) mass is 450 g/mol. The van der Waals surface area contributed by atoms with Gasteiger partial charge in [0, 0.05) is 49.6 Å². The Morgan fingerprint density at radius 1 is 0.912 bits per heavy atom. The molecule has 1 unspecified atom stereocenters. The zero-order valence-corrected chi connectivity index (χ0v) is 20.3. The van der Waals surface area contributed by atoms with E-state index in [0.29, 0.717) is 12.3 Å². The lowest BCUT2D eigenvalue weighted by atomic mass is 9.86. The van der Waals surface area contributed by atoms with Gasteiger partial charge in [-0.1, -0.05) is 78.4 Å². The molecule has 5 rings (SSSR count). The summed E-state index contributed by atoms with van der Waals surface area (Å²) in [6.07, 6.45) is 6.02. The molecule has 1 aromatic heterocycles. The van der Waals surface area contributed by atoms with Gasteiger partial charge in [-0.25, -0.2) is 0 Å². The minimum atomic E-state index is 0.0567. The van der Waals surface area contributed by atoms with Crippen LogP contribution in [-0.2, 0) is 18.3 Å². The molecule has 2 heterocycles. The van der Waals surface area contributed by atoms with Crippen molar-refractivity contribution in [2.24, 2.45) is 13.0 Å². The second-order valence-corrected chi connectivity index (χ2v) is 9.89. The van der Waals surface area contributed by atoms with Gasteiger partial charge < -0.3 is 9.47 Å². The zero-order valence-electron chi connectivity index (χ0n) is 20.3. The molecule has 3 aromatic carbocycles. The number of rotatable bonds is 6. The first-order valence-corrected chi connectivity index (χ1v) is 12.5. The molecule has 1 saturated heterocycles. The Morgan fingerprint density at radius 2 is 1.59 bits per heavy atom. The summed E-state index contributed by atoms with van der Waals surface area (Å²) in [7, 11) is 2.09. The van der Waals surface area contributed by atoms with E-state index in [1.54, 1.807) is 0 Å². The van der Waals surface area contributed by atoms with E-state index in [0.717, 1.165) is 32.4 Å². The van der Waals surface area contributed by atoms with Gasteiger partial charge in [0.25, 0.3) is 0 Å². The van der Waals surface area contributed by atoms with Crippen molar-refractivity contribution in [2.75, 3.05) is 13.1 Å². The Hall–Kier alpha value is -3.33. The van der Waals surface area contributed by atoms with Gasteiger partial charge in [0.1, 0.15) is 0 Å². The number of likely N-dealkylation sites (tertiary alicyclic amines) is 1. The lowest BCUT2D eigenvalue weighted by Crippen LogP contribution is -2.39. The Balaban J connectivity index is 1.34. The van der Waals surface area contributed by atoms with Gasteiger partial charge in [0.15, 0.2) is 0 Å². The third-order valence-corrected chi connectivity index (χ3v) is 7.50. The molecule has 1 aliphatic rings. The van der Waals surface area contributed by atoms with Crippen LogP contribution in [0, 0.1) is 12.8 Å². The molecule has 174 valence electrons. The number of para-hydroxylation sites is 1. The van der Waals surface area contributed by atoms with Gasteiger partial charge in [-0.15, -0.1) is 0 Å². The van der Waals surface area contributed by atoms with E-state index in [9.17, 15) is 4.79 Å². The first kappa shape index (κ1) is 22.5. The lowest BCUT2D eigenvalue weighted by molar-refractivity contribution is -0.132. The number of aromatic nitrogens is 1. The average molecular weight is 451 g/mol. The topological polar surface area (TPSA) is 25.2 Å². The van der Waals surface area contributed by atoms with Crippen molar-refractivity contribution in [1.29, 1.82) is 0 Å². The van der Waals surface area contributed by atoms with E-state index in [1.807, 2.05) is 0 Å². The standard InChI is InChI=1S/C31H34N2O/c1-23-12-14-26(15-13-23)28(29-22-32(2)30-11-7-6-10-27(29)30)21-31(34)33-18-16-25(17-19-33)20-24-8-4-3-5-9-24/h3-15,22,25,28H,16-21H2,1-2H3. The maximum Gasteiger partial charge on any atom is 0.223 e. The maximum absolute atomic E-state index is 13.5. The molecule has 0 aliphatic carbocycles. The van der Waals surface area contributed by atoms with Crippen LogP contribution in [0.5, 0.6) is 0 Å². The van der Waals surface area contributed by atoms with Gasteiger partial charge in [-0.05, 0) is 54.9 Å². The quantitative estimate of drug-likeness (QED) is 0.330. The predicted octanol–water partition coefficient (Wildman–Crippen LogP) is 6.49. The van der Waals surface area contributed by atoms with Crippen LogP contribution in [0.1, 0.15) is 47.4 Å². The molecule has 1 aliphatic heterocycles. The molecule has 1 atom stereocenters. The molecule has 0 N–H and O–H groups in total. The van der Waals surface area contributed by atoms with E-state index in [1.165, 1.54) is 33.2 Å². The molecule has 3 heteroatoms. The van der Waals surface area contributed by atoms with E-state index in [4.69, 9.17) is 0 Å². The van der Waals surface area contributed by atoms with Crippen molar-refractivity contribution in [2.45, 2.75) is 38.5 Å². The van der Waals surface area contributed by atoms with E-state index in [2.05, 4.69) is 108 Å². The summed E-state index contributed by atoms with van der Waals surface area (Å²) in [5, 5.41) is 1.24. The molecule has 0 bridgehead atoms. The van der Waals surface area contributed by atoms with Crippen molar-refractivity contribution in [3.63, 3.8) is 0 Å². The van der Waals surface area contributed by atoms with Crippen molar-refractivity contribution < 1.29 is 4.79 Å². The predicted molar refractivity (Wildman–Crippen MR) is 140 cm³/mol. The Labute approximate surface area is 203 Å². The summed E-state index contributed by atoms with van der Waals surface area (Å²) < 4.78 is 2.19. The first-order chi connectivity index (χ1) is 16.6.